The number of aldehydes is 1. The van der Waals surface area contributed by atoms with Gasteiger partial charge in [-0.05, 0) is 70.8 Å². The van der Waals surface area contributed by atoms with Crippen LogP contribution in [0.1, 0.15) is 16.8 Å². The molecule has 0 atom stereocenters. The summed E-state index contributed by atoms with van der Waals surface area (Å²) < 4.78 is 0. The molecule has 0 radical (unpaired) electrons. The molecule has 0 spiro atoms. The Hall–Kier alpha value is -4.17. The topological polar surface area (TPSA) is 43.1 Å². The molecule has 2 heteroatoms. The van der Waals surface area contributed by atoms with Crippen molar-refractivity contribution in [3.8, 4) is 22.3 Å². The highest BCUT2D eigenvalue weighted by molar-refractivity contribution is 5.84. The number of fused-ring (bicyclic) bond motifs is 2. The van der Waals surface area contributed by atoms with Gasteiger partial charge in [0, 0.05) is 11.3 Å². The number of nitrogen functional groups attached to an aromatic ring is 1. The lowest BCUT2D eigenvalue weighted by atomic mass is 9.96. The van der Waals surface area contributed by atoms with E-state index in [0.717, 1.165) is 46.1 Å². The van der Waals surface area contributed by atoms with E-state index in [9.17, 15) is 4.79 Å². The molecule has 0 aromatic heterocycles. The first-order valence-electron chi connectivity index (χ1n) is 11.6. The molecule has 2 aliphatic carbocycles. The average Bonchev–Trinajstić information content (AvgIpc) is 3.57. The molecule has 2 bridgehead atoms. The molecule has 2 nitrogen and oxygen atoms in total. The lowest BCUT2D eigenvalue weighted by Gasteiger charge is -2.08. The highest BCUT2D eigenvalue weighted by atomic mass is 16.1. The van der Waals surface area contributed by atoms with Crippen LogP contribution in [0, 0.1) is 11.8 Å². The molecular weight excluding hydrogens is 414 g/mol. The van der Waals surface area contributed by atoms with Gasteiger partial charge in [0.05, 0.1) is 0 Å². The van der Waals surface area contributed by atoms with Crippen LogP contribution in [0.4, 0.5) is 5.69 Å². The fourth-order valence-corrected chi connectivity index (χ4v) is 4.09. The Morgan fingerprint density at radius 1 is 0.559 bits per heavy atom. The Morgan fingerprint density at radius 2 is 0.971 bits per heavy atom. The summed E-state index contributed by atoms with van der Waals surface area (Å²) in [5.74, 6) is 1.62. The van der Waals surface area contributed by atoms with E-state index < -0.39 is 0 Å². The molecule has 4 aromatic carbocycles. The van der Waals surface area contributed by atoms with Crippen molar-refractivity contribution in [2.75, 3.05) is 5.73 Å². The van der Waals surface area contributed by atoms with Crippen LogP contribution in [-0.2, 0) is 0 Å². The van der Waals surface area contributed by atoms with Crippen molar-refractivity contribution < 1.29 is 4.79 Å². The van der Waals surface area contributed by atoms with Crippen LogP contribution in [0.15, 0.2) is 133 Å². The van der Waals surface area contributed by atoms with Crippen molar-refractivity contribution in [1.82, 2.24) is 0 Å². The van der Waals surface area contributed by atoms with Gasteiger partial charge in [0.15, 0.2) is 0 Å². The minimum absolute atomic E-state index is 0.699. The molecule has 0 fully saturated rings. The maximum absolute atomic E-state index is 11.2. The number of benzene rings is 4. The van der Waals surface area contributed by atoms with Crippen LogP contribution in [-0.4, -0.2) is 6.29 Å². The molecule has 34 heavy (non-hydrogen) atoms. The quantitative estimate of drug-likeness (QED) is 0.199. The van der Waals surface area contributed by atoms with Gasteiger partial charge in [-0.15, -0.1) is 0 Å². The van der Waals surface area contributed by atoms with Crippen molar-refractivity contribution in [2.24, 2.45) is 11.8 Å². The number of allylic oxidation sites excluding steroid dienone is 4. The molecule has 6 rings (SSSR count). The van der Waals surface area contributed by atoms with Gasteiger partial charge in [-0.25, -0.2) is 0 Å². The lowest BCUT2D eigenvalue weighted by molar-refractivity contribution is 0.112. The second-order valence-electron chi connectivity index (χ2n) is 8.44. The van der Waals surface area contributed by atoms with E-state index in [1.54, 1.807) is 0 Å². The predicted octanol–water partition coefficient (Wildman–Crippen LogP) is 7.85. The second kappa shape index (κ2) is 11.6. The van der Waals surface area contributed by atoms with Gasteiger partial charge < -0.3 is 5.73 Å². The summed E-state index contributed by atoms with van der Waals surface area (Å²) in [4.78, 5) is 11.2. The van der Waals surface area contributed by atoms with Crippen molar-refractivity contribution >= 4 is 12.0 Å². The van der Waals surface area contributed by atoms with Crippen LogP contribution in [0.25, 0.3) is 22.3 Å². The fourth-order valence-electron chi connectivity index (χ4n) is 4.09. The van der Waals surface area contributed by atoms with Crippen LogP contribution in [0.5, 0.6) is 0 Å². The highest BCUT2D eigenvalue weighted by Gasteiger charge is 2.19. The van der Waals surface area contributed by atoms with E-state index >= 15 is 0 Å². The van der Waals surface area contributed by atoms with E-state index in [2.05, 4.69) is 54.6 Å². The van der Waals surface area contributed by atoms with Crippen LogP contribution in [0.3, 0.4) is 0 Å². The third-order valence-corrected chi connectivity index (χ3v) is 5.86. The molecule has 2 N–H and O–H groups in total. The van der Waals surface area contributed by atoms with Crippen LogP contribution >= 0.6 is 0 Å². The first kappa shape index (κ1) is 23.0. The van der Waals surface area contributed by atoms with E-state index in [4.69, 9.17) is 5.73 Å². The van der Waals surface area contributed by atoms with Gasteiger partial charge >= 0.3 is 0 Å². The first-order valence-corrected chi connectivity index (χ1v) is 11.6. The number of carbonyl (C=O) groups is 1. The van der Waals surface area contributed by atoms with Crippen molar-refractivity contribution in [3.63, 3.8) is 0 Å². The van der Waals surface area contributed by atoms with E-state index in [1.807, 2.05) is 78.9 Å². The van der Waals surface area contributed by atoms with Gasteiger partial charge in [-0.3, -0.25) is 4.79 Å². The fraction of sp³-hybridized carbons (Fsp3) is 0.0938. The minimum Gasteiger partial charge on any atom is -0.399 e. The van der Waals surface area contributed by atoms with Gasteiger partial charge in [-0.1, -0.05) is 103 Å². The number of anilines is 1. The Balaban J connectivity index is 0.000000157. The molecule has 0 saturated heterocycles. The summed E-state index contributed by atoms with van der Waals surface area (Å²) in [7, 11) is 0. The summed E-state index contributed by atoms with van der Waals surface area (Å²) in [6, 6.07) is 35.7. The Kier molecular flexibility index (Phi) is 7.86. The molecule has 4 aromatic rings. The standard InChI is InChI=1S/C19H14O.C7H8.C6H7N/c20-14-15-11-18(16-7-3-1-4-8-16)13-19(12-15)17-9-5-2-6-10-17;1-2-7-4-3-6(1)5-7;7-6-4-2-1-3-5-6/h1-14H;1-4,6-7H,5H2;1-5H,7H2. The Bertz CT molecular complexity index is 1160. The van der Waals surface area contributed by atoms with Crippen molar-refractivity contribution in [1.29, 1.82) is 0 Å². The summed E-state index contributed by atoms with van der Waals surface area (Å²) in [5, 5.41) is 0. The molecule has 0 aliphatic heterocycles. The first-order chi connectivity index (χ1) is 16.7. The maximum Gasteiger partial charge on any atom is 0.150 e. The Labute approximate surface area is 202 Å². The molecular formula is C32H29NO. The summed E-state index contributed by atoms with van der Waals surface area (Å²) in [6.45, 7) is 0. The molecule has 168 valence electrons. The van der Waals surface area contributed by atoms with Gasteiger partial charge in [0.25, 0.3) is 0 Å². The lowest BCUT2D eigenvalue weighted by Crippen LogP contribution is -1.87. The monoisotopic (exact) mass is 443 g/mol. The van der Waals surface area contributed by atoms with Crippen molar-refractivity contribution in [3.05, 3.63) is 139 Å². The van der Waals surface area contributed by atoms with Crippen LogP contribution < -0.4 is 5.73 Å². The number of hydrogen-bond donors (Lipinski definition) is 1. The van der Waals surface area contributed by atoms with Gasteiger partial charge in [0.2, 0.25) is 0 Å². The Morgan fingerprint density at radius 3 is 1.26 bits per heavy atom. The second-order valence-corrected chi connectivity index (χ2v) is 8.44. The number of para-hydroxylation sites is 1. The molecule has 0 amide bonds. The predicted molar refractivity (Wildman–Crippen MR) is 143 cm³/mol. The summed E-state index contributed by atoms with van der Waals surface area (Å²) in [6.07, 6.45) is 11.4. The van der Waals surface area contributed by atoms with E-state index in [-0.39, 0.29) is 0 Å². The molecule has 0 saturated carbocycles. The third-order valence-electron chi connectivity index (χ3n) is 5.86. The maximum atomic E-state index is 11.2. The normalized spacial score (nSPS) is 16.7. The minimum atomic E-state index is 0.699. The van der Waals surface area contributed by atoms with Crippen LogP contribution in [0.2, 0.25) is 0 Å². The van der Waals surface area contributed by atoms with Crippen molar-refractivity contribution in [2.45, 2.75) is 6.42 Å². The van der Waals surface area contributed by atoms with Gasteiger partial charge in [-0.2, -0.15) is 0 Å². The molecule has 0 heterocycles. The zero-order valence-corrected chi connectivity index (χ0v) is 19.1. The largest absolute Gasteiger partial charge is 0.399 e. The van der Waals surface area contributed by atoms with Gasteiger partial charge in [0.1, 0.15) is 6.29 Å². The average molecular weight is 444 g/mol. The zero-order valence-electron chi connectivity index (χ0n) is 19.1. The summed E-state index contributed by atoms with van der Waals surface area (Å²) in [5.41, 5.74) is 11.2. The molecule has 2 aliphatic rings. The molecule has 0 unspecified atom stereocenters. The number of rotatable bonds is 3. The number of hydrogen-bond acceptors (Lipinski definition) is 2. The van der Waals surface area contributed by atoms with E-state index in [0.29, 0.717) is 5.56 Å². The number of nitrogens with two attached hydrogens (primary N) is 1. The smallest absolute Gasteiger partial charge is 0.150 e. The third kappa shape index (κ3) is 6.43. The SMILES string of the molecule is C1=CC2C=CC1C2.Nc1ccccc1.O=Cc1cc(-c2ccccc2)cc(-c2ccccc2)c1. The number of carbonyl (C=O) groups excluding carboxylic acids is 1. The summed E-state index contributed by atoms with van der Waals surface area (Å²) >= 11 is 0. The highest BCUT2D eigenvalue weighted by Crippen LogP contribution is 2.31. The van der Waals surface area contributed by atoms with E-state index in [1.165, 1.54) is 6.42 Å². The zero-order chi connectivity index (χ0) is 23.6.